The van der Waals surface area contributed by atoms with E-state index in [1.807, 2.05) is 9.36 Å². The summed E-state index contributed by atoms with van der Waals surface area (Å²) in [6.45, 7) is 3.87. The van der Waals surface area contributed by atoms with E-state index in [-0.39, 0.29) is 6.54 Å². The third kappa shape index (κ3) is 2.69. The molecule has 0 fully saturated rings. The van der Waals surface area contributed by atoms with E-state index in [2.05, 4.69) is 45.5 Å². The van der Waals surface area contributed by atoms with Gasteiger partial charge in [-0.05, 0) is 13.0 Å². The molecule has 9 nitrogen and oxygen atoms in total. The second-order valence-electron chi connectivity index (χ2n) is 6.16. The lowest BCUT2D eigenvalue weighted by atomic mass is 10.3. The molecule has 0 unspecified atom stereocenters. The monoisotopic (exact) mass is 377 g/mol. The summed E-state index contributed by atoms with van der Waals surface area (Å²) in [4.78, 5) is 10.3. The van der Waals surface area contributed by atoms with Gasteiger partial charge in [0.15, 0.2) is 11.3 Å². The zero-order valence-electron chi connectivity index (χ0n) is 14.5. The van der Waals surface area contributed by atoms with Crippen LogP contribution in [0.1, 0.15) is 11.8 Å². The van der Waals surface area contributed by atoms with Crippen LogP contribution < -0.4 is 0 Å². The van der Waals surface area contributed by atoms with E-state index >= 15 is 0 Å². The lowest BCUT2D eigenvalue weighted by Gasteiger charge is -2.14. The predicted molar refractivity (Wildman–Crippen MR) is 101 cm³/mol. The SMILES string of the molecule is CCn1cc2sc(Cn3[nH]c4ncc(-c5cnn(CC#N)c5)nc43)cc2n1. The Morgan fingerprint density at radius 2 is 2.19 bits per heavy atom. The van der Waals surface area contributed by atoms with Crippen molar-refractivity contribution in [3.8, 4) is 17.3 Å². The maximum atomic E-state index is 8.77. The summed E-state index contributed by atoms with van der Waals surface area (Å²) in [6, 6.07) is 4.19. The van der Waals surface area contributed by atoms with Crippen LogP contribution in [0.25, 0.3) is 32.8 Å². The smallest absolute Gasteiger partial charge is 0.193 e. The normalized spacial score (nSPS) is 11.6. The molecule has 0 aliphatic rings. The molecule has 0 saturated heterocycles. The van der Waals surface area contributed by atoms with Gasteiger partial charge in [-0.15, -0.1) is 11.3 Å². The van der Waals surface area contributed by atoms with Crippen molar-refractivity contribution in [2.45, 2.75) is 26.6 Å². The Bertz CT molecular complexity index is 1260. The molecule has 0 aliphatic carbocycles. The van der Waals surface area contributed by atoms with Crippen molar-refractivity contribution in [3.05, 3.63) is 35.7 Å². The number of rotatable bonds is 5. The summed E-state index contributed by atoms with van der Waals surface area (Å²) in [7, 11) is 0. The van der Waals surface area contributed by atoms with Crippen molar-refractivity contribution in [2.24, 2.45) is 0 Å². The van der Waals surface area contributed by atoms with E-state index in [1.54, 1.807) is 34.6 Å². The van der Waals surface area contributed by atoms with Crippen LogP contribution in [-0.4, -0.2) is 39.3 Å². The summed E-state index contributed by atoms with van der Waals surface area (Å²) >= 11 is 1.74. The Morgan fingerprint density at radius 3 is 3.00 bits per heavy atom. The highest BCUT2D eigenvalue weighted by molar-refractivity contribution is 7.19. The molecule has 0 amide bonds. The van der Waals surface area contributed by atoms with Crippen LogP contribution >= 0.6 is 11.3 Å². The summed E-state index contributed by atoms with van der Waals surface area (Å²) < 4.78 is 6.70. The standard InChI is InChI=1S/C17H15N9S/c1-2-24-10-15-13(22-24)5-12(27-15)9-26-17-16(23-26)19-7-14(21-17)11-6-20-25(8-11)4-3-18/h5-8,10H,2,4,9H2,1H3,(H,19,23). The Balaban J connectivity index is 1.43. The number of thiophene rings is 1. The number of nitrogens with zero attached hydrogens (tertiary/aromatic N) is 8. The van der Waals surface area contributed by atoms with Crippen LogP contribution in [0.3, 0.4) is 0 Å². The minimum atomic E-state index is 0.215. The molecule has 27 heavy (non-hydrogen) atoms. The summed E-state index contributed by atoms with van der Waals surface area (Å²) in [5.41, 5.74) is 4.18. The molecular formula is C17H15N9S. The molecule has 0 aliphatic heterocycles. The summed E-state index contributed by atoms with van der Waals surface area (Å²) in [6.07, 6.45) is 7.29. The summed E-state index contributed by atoms with van der Waals surface area (Å²) in [5, 5.41) is 20.7. The average Bonchev–Trinajstić information content (AvgIpc) is 3.34. The Hall–Kier alpha value is -3.45. The van der Waals surface area contributed by atoms with Gasteiger partial charge in [0, 0.05) is 29.4 Å². The molecule has 0 bridgehead atoms. The van der Waals surface area contributed by atoms with Crippen molar-refractivity contribution in [1.29, 1.82) is 5.26 Å². The van der Waals surface area contributed by atoms with Gasteiger partial charge in [-0.1, -0.05) is 0 Å². The number of hydrogen-bond donors (Lipinski definition) is 1. The number of aryl methyl sites for hydroxylation is 1. The van der Waals surface area contributed by atoms with Gasteiger partial charge in [-0.3, -0.25) is 19.1 Å². The Kier molecular flexibility index (Phi) is 3.54. The summed E-state index contributed by atoms with van der Waals surface area (Å²) in [5.74, 6) is 0. The van der Waals surface area contributed by atoms with Crippen molar-refractivity contribution >= 4 is 32.8 Å². The fourth-order valence-corrected chi connectivity index (χ4v) is 4.02. The molecule has 1 N–H and O–H groups in total. The third-order valence-electron chi connectivity index (χ3n) is 4.34. The molecule has 5 aromatic rings. The van der Waals surface area contributed by atoms with Gasteiger partial charge < -0.3 is 0 Å². The van der Waals surface area contributed by atoms with Gasteiger partial charge in [-0.25, -0.2) is 9.97 Å². The highest BCUT2D eigenvalue weighted by atomic mass is 32.1. The zero-order chi connectivity index (χ0) is 18.4. The fraction of sp³-hybridized carbons (Fsp3) is 0.235. The van der Waals surface area contributed by atoms with E-state index < -0.39 is 0 Å². The van der Waals surface area contributed by atoms with Crippen LogP contribution in [0.4, 0.5) is 0 Å². The lowest BCUT2D eigenvalue weighted by Crippen LogP contribution is -2.14. The van der Waals surface area contributed by atoms with Crippen LogP contribution in [0, 0.1) is 11.3 Å². The van der Waals surface area contributed by atoms with E-state index in [9.17, 15) is 0 Å². The number of nitriles is 1. The average molecular weight is 377 g/mol. The van der Waals surface area contributed by atoms with Crippen LogP contribution in [0.15, 0.2) is 30.9 Å². The molecule has 5 heterocycles. The predicted octanol–water partition coefficient (Wildman–Crippen LogP) is 2.63. The molecule has 5 rings (SSSR count). The molecule has 0 radical (unpaired) electrons. The van der Waals surface area contributed by atoms with Crippen molar-refractivity contribution < 1.29 is 0 Å². The molecule has 5 aromatic heterocycles. The zero-order valence-corrected chi connectivity index (χ0v) is 15.3. The van der Waals surface area contributed by atoms with Crippen molar-refractivity contribution in [2.75, 3.05) is 0 Å². The first kappa shape index (κ1) is 15.8. The van der Waals surface area contributed by atoms with Gasteiger partial charge in [0.1, 0.15) is 12.1 Å². The van der Waals surface area contributed by atoms with E-state index in [4.69, 9.17) is 10.2 Å². The van der Waals surface area contributed by atoms with Crippen LogP contribution in [-0.2, 0) is 19.6 Å². The van der Waals surface area contributed by atoms with E-state index in [0.717, 1.165) is 34.6 Å². The quantitative estimate of drug-likeness (QED) is 0.507. The third-order valence-corrected chi connectivity index (χ3v) is 5.39. The highest BCUT2D eigenvalue weighted by Gasteiger charge is 2.14. The second kappa shape index (κ2) is 6.07. The molecule has 10 heteroatoms. The first-order chi connectivity index (χ1) is 13.2. The van der Waals surface area contributed by atoms with Crippen LogP contribution in [0.2, 0.25) is 0 Å². The van der Waals surface area contributed by atoms with E-state index in [0.29, 0.717) is 6.54 Å². The molecular weight excluding hydrogens is 362 g/mol. The Morgan fingerprint density at radius 1 is 1.26 bits per heavy atom. The first-order valence-corrected chi connectivity index (χ1v) is 9.32. The molecule has 0 aromatic carbocycles. The maximum absolute atomic E-state index is 8.77. The van der Waals surface area contributed by atoms with Crippen molar-refractivity contribution in [3.63, 3.8) is 0 Å². The van der Waals surface area contributed by atoms with Gasteiger partial charge in [0.05, 0.1) is 35.4 Å². The maximum Gasteiger partial charge on any atom is 0.193 e. The molecule has 134 valence electrons. The molecule has 0 saturated carbocycles. The first-order valence-electron chi connectivity index (χ1n) is 8.50. The topological polar surface area (TPSA) is 106 Å². The number of aromatic amines is 1. The van der Waals surface area contributed by atoms with Gasteiger partial charge in [0.2, 0.25) is 0 Å². The molecule has 0 spiro atoms. The van der Waals surface area contributed by atoms with Gasteiger partial charge in [-0.2, -0.15) is 15.5 Å². The largest absolute Gasteiger partial charge is 0.277 e. The van der Waals surface area contributed by atoms with Crippen molar-refractivity contribution in [1.82, 2.24) is 39.3 Å². The minimum absolute atomic E-state index is 0.215. The number of hydrogen-bond acceptors (Lipinski definition) is 6. The highest BCUT2D eigenvalue weighted by Crippen LogP contribution is 2.26. The second-order valence-corrected chi connectivity index (χ2v) is 7.33. The minimum Gasteiger partial charge on any atom is -0.277 e. The number of fused-ring (bicyclic) bond motifs is 2. The fourth-order valence-electron chi connectivity index (χ4n) is 3.00. The van der Waals surface area contributed by atoms with Gasteiger partial charge >= 0.3 is 0 Å². The number of H-pyrrole nitrogens is 1. The number of aromatic nitrogens is 8. The van der Waals surface area contributed by atoms with Gasteiger partial charge in [0.25, 0.3) is 0 Å². The Labute approximate surface area is 157 Å². The molecule has 0 atom stereocenters. The lowest BCUT2D eigenvalue weighted by molar-refractivity contribution is 0.665. The van der Waals surface area contributed by atoms with Crippen LogP contribution in [0.5, 0.6) is 0 Å². The van der Waals surface area contributed by atoms with E-state index in [1.165, 1.54) is 9.58 Å². The number of nitrogens with one attached hydrogen (secondary N) is 1.